The monoisotopic (exact) mass is 478 g/mol. The molecule has 5 nitrogen and oxygen atoms in total. The highest BCUT2D eigenvalue weighted by molar-refractivity contribution is 14.0. The maximum Gasteiger partial charge on any atom is 0.191 e. The Morgan fingerprint density at radius 1 is 1.44 bits per heavy atom. The number of ether oxygens (including phenoxy) is 1. The van der Waals surface area contributed by atoms with Crippen molar-refractivity contribution in [3.05, 3.63) is 22.4 Å². The lowest BCUT2D eigenvalue weighted by Crippen LogP contribution is -2.46. The summed E-state index contributed by atoms with van der Waals surface area (Å²) in [7, 11) is 1.86. The number of nitrogens with zero attached hydrogens (tertiary/aromatic N) is 2. The van der Waals surface area contributed by atoms with E-state index < -0.39 is 0 Å². The Bertz CT molecular complexity index is 519. The van der Waals surface area contributed by atoms with Crippen molar-refractivity contribution < 1.29 is 4.74 Å². The molecule has 1 aliphatic heterocycles. The largest absolute Gasteiger partial charge is 0.379 e. The van der Waals surface area contributed by atoms with E-state index in [1.54, 1.807) is 0 Å². The van der Waals surface area contributed by atoms with Crippen LogP contribution in [0.3, 0.4) is 0 Å². The number of hydrogen-bond donors (Lipinski definition) is 2. The minimum Gasteiger partial charge on any atom is -0.379 e. The highest BCUT2D eigenvalue weighted by Gasteiger charge is 2.36. The van der Waals surface area contributed by atoms with Gasteiger partial charge in [-0.15, -0.1) is 35.3 Å². The second-order valence-electron chi connectivity index (χ2n) is 6.67. The zero-order valence-corrected chi connectivity index (χ0v) is 18.4. The summed E-state index contributed by atoms with van der Waals surface area (Å²) >= 11 is 1.83. The van der Waals surface area contributed by atoms with Crippen LogP contribution in [0.15, 0.2) is 22.5 Å². The van der Waals surface area contributed by atoms with Crippen molar-refractivity contribution >= 4 is 41.3 Å². The van der Waals surface area contributed by atoms with Crippen LogP contribution in [0.2, 0.25) is 0 Å². The molecule has 3 unspecified atom stereocenters. The topological polar surface area (TPSA) is 48.9 Å². The molecule has 0 aromatic carbocycles. The van der Waals surface area contributed by atoms with Crippen molar-refractivity contribution in [2.24, 2.45) is 10.9 Å². The Balaban J connectivity index is 0.00000225. The van der Waals surface area contributed by atoms with Gasteiger partial charge in [-0.25, -0.2) is 0 Å². The first-order chi connectivity index (χ1) is 11.8. The van der Waals surface area contributed by atoms with Gasteiger partial charge >= 0.3 is 0 Å². The summed E-state index contributed by atoms with van der Waals surface area (Å²) in [6.45, 7) is 6.79. The van der Waals surface area contributed by atoms with Gasteiger partial charge in [0.25, 0.3) is 0 Å². The zero-order valence-electron chi connectivity index (χ0n) is 15.2. The number of thiophene rings is 1. The third-order valence-corrected chi connectivity index (χ3v) is 5.92. The first-order valence-corrected chi connectivity index (χ1v) is 10.0. The van der Waals surface area contributed by atoms with Gasteiger partial charge in [-0.1, -0.05) is 19.4 Å². The van der Waals surface area contributed by atoms with E-state index in [1.807, 2.05) is 18.4 Å². The highest BCUT2D eigenvalue weighted by Crippen LogP contribution is 2.34. The molecule has 3 rings (SSSR count). The normalized spacial score (nSPS) is 25.1. The summed E-state index contributed by atoms with van der Waals surface area (Å²) in [5, 5.41) is 9.29. The molecular formula is C18H31IN4OS. The SMILES string of the molecule is CCCC1CC1NC(=NC)NCC(c1cccs1)N1CCOCC1.I. The van der Waals surface area contributed by atoms with Crippen molar-refractivity contribution in [3.8, 4) is 0 Å². The summed E-state index contributed by atoms with van der Waals surface area (Å²) in [5.74, 6) is 1.77. The minimum atomic E-state index is 0. The van der Waals surface area contributed by atoms with Crippen LogP contribution in [0.4, 0.5) is 0 Å². The fourth-order valence-corrected chi connectivity index (χ4v) is 4.32. The van der Waals surface area contributed by atoms with Crippen molar-refractivity contribution in [3.63, 3.8) is 0 Å². The lowest BCUT2D eigenvalue weighted by Gasteiger charge is -2.34. The maximum atomic E-state index is 5.51. The Morgan fingerprint density at radius 2 is 2.24 bits per heavy atom. The third kappa shape index (κ3) is 6.08. The molecule has 7 heteroatoms. The molecule has 142 valence electrons. The number of aliphatic imine (C=N–C) groups is 1. The van der Waals surface area contributed by atoms with Crippen LogP contribution in [0.25, 0.3) is 0 Å². The van der Waals surface area contributed by atoms with Gasteiger partial charge in [0.2, 0.25) is 0 Å². The first-order valence-electron chi connectivity index (χ1n) is 9.14. The maximum absolute atomic E-state index is 5.51. The molecule has 0 bridgehead atoms. The van der Waals surface area contributed by atoms with Gasteiger partial charge in [-0.3, -0.25) is 9.89 Å². The predicted molar refractivity (Wildman–Crippen MR) is 116 cm³/mol. The molecule has 1 aliphatic carbocycles. The third-order valence-electron chi connectivity index (χ3n) is 4.95. The minimum absolute atomic E-state index is 0. The van der Waals surface area contributed by atoms with E-state index in [-0.39, 0.29) is 24.0 Å². The molecule has 0 amide bonds. The Morgan fingerprint density at radius 3 is 2.88 bits per heavy atom. The van der Waals surface area contributed by atoms with Crippen LogP contribution >= 0.6 is 35.3 Å². The second kappa shape index (κ2) is 10.7. The molecule has 2 heterocycles. The molecule has 1 saturated heterocycles. The smallest absolute Gasteiger partial charge is 0.191 e. The molecule has 2 fully saturated rings. The van der Waals surface area contributed by atoms with E-state index in [0.717, 1.165) is 44.7 Å². The van der Waals surface area contributed by atoms with E-state index in [4.69, 9.17) is 4.74 Å². The van der Waals surface area contributed by atoms with E-state index in [9.17, 15) is 0 Å². The highest BCUT2D eigenvalue weighted by atomic mass is 127. The van der Waals surface area contributed by atoms with Crippen molar-refractivity contribution in [2.45, 2.75) is 38.3 Å². The molecular weight excluding hydrogens is 447 g/mol. The van der Waals surface area contributed by atoms with Gasteiger partial charge in [-0.2, -0.15) is 0 Å². The van der Waals surface area contributed by atoms with Crippen LogP contribution in [0.5, 0.6) is 0 Å². The van der Waals surface area contributed by atoms with Crippen LogP contribution in [0, 0.1) is 5.92 Å². The zero-order chi connectivity index (χ0) is 16.8. The fourth-order valence-electron chi connectivity index (χ4n) is 3.46. The van der Waals surface area contributed by atoms with E-state index >= 15 is 0 Å². The van der Waals surface area contributed by atoms with Crippen LogP contribution in [0.1, 0.15) is 37.1 Å². The average molecular weight is 478 g/mol. The quantitative estimate of drug-likeness (QED) is 0.359. The molecule has 3 atom stereocenters. The summed E-state index contributed by atoms with van der Waals surface area (Å²) in [6.07, 6.45) is 3.87. The molecule has 1 aromatic rings. The van der Waals surface area contributed by atoms with E-state index in [0.29, 0.717) is 12.1 Å². The molecule has 2 aliphatic rings. The summed E-state index contributed by atoms with van der Waals surface area (Å²) in [5.41, 5.74) is 0. The lowest BCUT2D eigenvalue weighted by molar-refractivity contribution is 0.0177. The molecule has 25 heavy (non-hydrogen) atoms. The Kier molecular flexibility index (Phi) is 8.95. The van der Waals surface area contributed by atoms with Gasteiger partial charge in [0.05, 0.1) is 19.3 Å². The standard InChI is InChI=1S/C18H30N4OS.HI/c1-3-5-14-12-15(14)21-18(19-2)20-13-16(17-6-4-11-24-17)22-7-9-23-10-8-22;/h4,6,11,14-16H,3,5,7-10,12-13H2,1-2H3,(H2,19,20,21);1H. The number of halogens is 1. The van der Waals surface area contributed by atoms with Crippen LogP contribution in [-0.2, 0) is 4.74 Å². The Hall–Kier alpha value is -0.380. The molecule has 1 aromatic heterocycles. The number of hydrogen-bond acceptors (Lipinski definition) is 4. The summed E-state index contributed by atoms with van der Waals surface area (Å²) in [4.78, 5) is 8.35. The average Bonchev–Trinajstić information content (AvgIpc) is 3.11. The molecule has 0 radical (unpaired) electrons. The van der Waals surface area contributed by atoms with Crippen molar-refractivity contribution in [2.75, 3.05) is 39.9 Å². The predicted octanol–water partition coefficient (Wildman–Crippen LogP) is 3.09. The number of nitrogens with one attached hydrogen (secondary N) is 2. The van der Waals surface area contributed by atoms with Crippen molar-refractivity contribution in [1.82, 2.24) is 15.5 Å². The molecule has 1 saturated carbocycles. The van der Waals surface area contributed by atoms with Crippen LogP contribution < -0.4 is 10.6 Å². The number of guanidine groups is 1. The number of rotatable bonds is 7. The van der Waals surface area contributed by atoms with Gasteiger partial charge in [0.1, 0.15) is 0 Å². The Labute approximate surface area is 172 Å². The van der Waals surface area contributed by atoms with Gasteiger partial charge < -0.3 is 15.4 Å². The summed E-state index contributed by atoms with van der Waals surface area (Å²) < 4.78 is 5.51. The number of morpholine rings is 1. The van der Waals surface area contributed by atoms with Gasteiger partial charge in [-0.05, 0) is 30.2 Å². The lowest BCUT2D eigenvalue weighted by atomic mass is 10.2. The van der Waals surface area contributed by atoms with E-state index in [2.05, 4.69) is 45.0 Å². The van der Waals surface area contributed by atoms with Crippen molar-refractivity contribution in [1.29, 1.82) is 0 Å². The van der Waals surface area contributed by atoms with Gasteiger partial charge in [0.15, 0.2) is 5.96 Å². The summed E-state index contributed by atoms with van der Waals surface area (Å²) in [6, 6.07) is 5.37. The van der Waals surface area contributed by atoms with Gasteiger partial charge in [0, 0.05) is 37.6 Å². The molecule has 0 spiro atoms. The fraction of sp³-hybridized carbons (Fsp3) is 0.722. The second-order valence-corrected chi connectivity index (χ2v) is 7.65. The molecule has 2 N–H and O–H groups in total. The first kappa shape index (κ1) is 20.9. The van der Waals surface area contributed by atoms with E-state index in [1.165, 1.54) is 24.1 Å². The van der Waals surface area contributed by atoms with Crippen LogP contribution in [-0.4, -0.2) is 56.8 Å².